The predicted molar refractivity (Wildman–Crippen MR) is 128 cm³/mol. The third kappa shape index (κ3) is 4.38. The predicted octanol–water partition coefficient (Wildman–Crippen LogP) is 3.30. The van der Waals surface area contributed by atoms with Gasteiger partial charge in [-0.25, -0.2) is 4.79 Å². The number of carboxylic acid groups (broad SMARTS) is 1. The molecule has 1 heterocycles. The second-order valence-electron chi connectivity index (χ2n) is 9.98. The van der Waals surface area contributed by atoms with Gasteiger partial charge in [0, 0.05) is 17.9 Å². The number of fused-ring (bicyclic) bond motifs is 3. The lowest BCUT2D eigenvalue weighted by Crippen LogP contribution is -2.51. The summed E-state index contributed by atoms with van der Waals surface area (Å²) in [5.41, 5.74) is 3.53. The fourth-order valence-electron chi connectivity index (χ4n) is 5.53. The van der Waals surface area contributed by atoms with Gasteiger partial charge in [-0.2, -0.15) is 0 Å². The molecule has 5 rings (SSSR count). The lowest BCUT2D eigenvalue weighted by atomic mass is 9.85. The molecule has 1 saturated heterocycles. The van der Waals surface area contributed by atoms with E-state index in [4.69, 9.17) is 9.47 Å². The molecule has 2 aromatic rings. The molecular formula is C27H30N2O6. The van der Waals surface area contributed by atoms with Crippen LogP contribution in [-0.4, -0.2) is 55.0 Å². The highest BCUT2D eigenvalue weighted by atomic mass is 16.5. The standard InChI is InChI=1S/C27H30N2O6/c1-27(25(31)32)15-34-14-23(27)29-24(30)16-10-11-17(12-16)28-26(33)35-13-22-20-8-4-2-6-18(20)19-7-3-5-9-21(19)22/h2-9,16-17,22-23H,10-15H2,1H3,(H,28,33)(H,29,30)(H,31,32)/t16-,17+,23?,27?/m0/s1. The number of alkyl carbamates (subject to hydrolysis) is 1. The van der Waals surface area contributed by atoms with Crippen LogP contribution in [0.25, 0.3) is 11.1 Å². The van der Waals surface area contributed by atoms with Gasteiger partial charge in [0.15, 0.2) is 0 Å². The minimum atomic E-state index is -1.13. The summed E-state index contributed by atoms with van der Waals surface area (Å²) in [6.07, 6.45) is 1.30. The van der Waals surface area contributed by atoms with Crippen LogP contribution in [0.2, 0.25) is 0 Å². The van der Waals surface area contributed by atoms with Crippen LogP contribution < -0.4 is 10.6 Å². The number of ether oxygens (including phenoxy) is 2. The minimum absolute atomic E-state index is 0.00701. The van der Waals surface area contributed by atoms with Crippen LogP contribution >= 0.6 is 0 Å². The Morgan fingerprint density at radius 1 is 1.03 bits per heavy atom. The third-order valence-electron chi connectivity index (χ3n) is 7.73. The maximum Gasteiger partial charge on any atom is 0.407 e. The lowest BCUT2D eigenvalue weighted by Gasteiger charge is -2.26. The van der Waals surface area contributed by atoms with Crippen molar-refractivity contribution in [2.24, 2.45) is 11.3 Å². The van der Waals surface area contributed by atoms with Gasteiger partial charge in [0.05, 0.1) is 19.3 Å². The van der Waals surface area contributed by atoms with Crippen LogP contribution in [-0.2, 0) is 19.1 Å². The number of hydrogen-bond donors (Lipinski definition) is 3. The molecule has 2 amide bonds. The average molecular weight is 479 g/mol. The van der Waals surface area contributed by atoms with Crippen molar-refractivity contribution < 1.29 is 29.0 Å². The first kappa shape index (κ1) is 23.4. The largest absolute Gasteiger partial charge is 0.481 e. The Bertz CT molecular complexity index is 1100. The van der Waals surface area contributed by atoms with Crippen molar-refractivity contribution in [1.82, 2.24) is 10.6 Å². The van der Waals surface area contributed by atoms with Gasteiger partial charge in [-0.15, -0.1) is 0 Å². The average Bonchev–Trinajstić information content (AvgIpc) is 3.55. The molecule has 2 unspecified atom stereocenters. The molecule has 1 aliphatic heterocycles. The van der Waals surface area contributed by atoms with Crippen molar-refractivity contribution in [2.75, 3.05) is 19.8 Å². The van der Waals surface area contributed by atoms with Gasteiger partial charge in [0.25, 0.3) is 0 Å². The first-order valence-corrected chi connectivity index (χ1v) is 12.1. The maximum absolute atomic E-state index is 12.8. The summed E-state index contributed by atoms with van der Waals surface area (Å²) >= 11 is 0. The van der Waals surface area contributed by atoms with E-state index in [0.717, 1.165) is 11.1 Å². The third-order valence-corrected chi connectivity index (χ3v) is 7.73. The summed E-state index contributed by atoms with van der Waals surface area (Å²) in [4.78, 5) is 37.0. The van der Waals surface area contributed by atoms with Crippen molar-refractivity contribution in [3.63, 3.8) is 0 Å². The van der Waals surface area contributed by atoms with Gasteiger partial charge in [0.2, 0.25) is 5.91 Å². The fourth-order valence-corrected chi connectivity index (χ4v) is 5.53. The number of benzene rings is 2. The fraction of sp³-hybridized carbons (Fsp3) is 0.444. The van der Waals surface area contributed by atoms with E-state index in [2.05, 4.69) is 34.9 Å². The molecule has 8 nitrogen and oxygen atoms in total. The van der Waals surface area contributed by atoms with Crippen molar-refractivity contribution in [2.45, 2.75) is 44.2 Å². The van der Waals surface area contributed by atoms with Crippen LogP contribution in [0.1, 0.15) is 43.2 Å². The second kappa shape index (κ2) is 9.34. The molecule has 0 aromatic heterocycles. The van der Waals surface area contributed by atoms with Gasteiger partial charge in [-0.05, 0) is 48.4 Å². The first-order valence-electron chi connectivity index (χ1n) is 12.1. The number of amides is 2. The Kier molecular flexibility index (Phi) is 6.23. The maximum atomic E-state index is 12.8. The van der Waals surface area contributed by atoms with Gasteiger partial charge in [-0.3, -0.25) is 9.59 Å². The number of rotatable bonds is 6. The number of aliphatic carboxylic acids is 1. The molecule has 2 aromatic carbocycles. The Balaban J connectivity index is 1.13. The zero-order chi connectivity index (χ0) is 24.6. The molecule has 2 aliphatic carbocycles. The number of carbonyl (C=O) groups is 3. The van der Waals surface area contributed by atoms with Crippen molar-refractivity contribution in [3.05, 3.63) is 59.7 Å². The van der Waals surface area contributed by atoms with Gasteiger partial charge >= 0.3 is 12.1 Å². The summed E-state index contributed by atoms with van der Waals surface area (Å²) < 4.78 is 10.9. The monoisotopic (exact) mass is 478 g/mol. The Hall–Kier alpha value is -3.39. The molecule has 0 spiro atoms. The molecule has 0 bridgehead atoms. The molecule has 8 heteroatoms. The van der Waals surface area contributed by atoms with E-state index in [1.165, 1.54) is 11.1 Å². The summed E-state index contributed by atoms with van der Waals surface area (Å²) in [5.74, 6) is -1.47. The van der Waals surface area contributed by atoms with E-state index < -0.39 is 23.5 Å². The molecule has 3 N–H and O–H groups in total. The highest BCUT2D eigenvalue weighted by Crippen LogP contribution is 2.44. The van der Waals surface area contributed by atoms with E-state index >= 15 is 0 Å². The van der Waals surface area contributed by atoms with E-state index in [1.807, 2.05) is 24.3 Å². The quantitative estimate of drug-likeness (QED) is 0.587. The smallest absolute Gasteiger partial charge is 0.407 e. The van der Waals surface area contributed by atoms with Gasteiger partial charge in [0.1, 0.15) is 12.0 Å². The van der Waals surface area contributed by atoms with Crippen LogP contribution in [0.3, 0.4) is 0 Å². The Morgan fingerprint density at radius 2 is 1.69 bits per heavy atom. The van der Waals surface area contributed by atoms with E-state index in [9.17, 15) is 19.5 Å². The minimum Gasteiger partial charge on any atom is -0.481 e. The molecule has 1 saturated carbocycles. The van der Waals surface area contributed by atoms with Gasteiger partial charge in [-0.1, -0.05) is 48.5 Å². The molecule has 0 radical (unpaired) electrons. The number of nitrogens with one attached hydrogen (secondary N) is 2. The number of carbonyl (C=O) groups excluding carboxylic acids is 2. The highest BCUT2D eigenvalue weighted by molar-refractivity contribution is 5.82. The molecule has 35 heavy (non-hydrogen) atoms. The van der Waals surface area contributed by atoms with Crippen LogP contribution in [0.4, 0.5) is 4.79 Å². The highest BCUT2D eigenvalue weighted by Gasteiger charge is 2.48. The molecule has 184 valence electrons. The number of hydrogen-bond acceptors (Lipinski definition) is 5. The van der Waals surface area contributed by atoms with Crippen molar-refractivity contribution >= 4 is 18.0 Å². The molecule has 4 atom stereocenters. The lowest BCUT2D eigenvalue weighted by molar-refractivity contribution is -0.149. The topological polar surface area (TPSA) is 114 Å². The summed E-state index contributed by atoms with van der Waals surface area (Å²) in [6, 6.07) is 15.6. The first-order chi connectivity index (χ1) is 16.9. The van der Waals surface area contributed by atoms with Crippen molar-refractivity contribution in [3.8, 4) is 11.1 Å². The zero-order valence-corrected chi connectivity index (χ0v) is 19.7. The molecule has 2 fully saturated rings. The second-order valence-corrected chi connectivity index (χ2v) is 9.98. The molecule has 3 aliphatic rings. The summed E-state index contributed by atoms with van der Waals surface area (Å²) in [6.45, 7) is 2.09. The van der Waals surface area contributed by atoms with E-state index in [1.54, 1.807) is 6.92 Å². The Morgan fingerprint density at radius 3 is 2.34 bits per heavy atom. The van der Waals surface area contributed by atoms with E-state index in [0.29, 0.717) is 19.3 Å². The summed E-state index contributed by atoms with van der Waals surface area (Å²) in [7, 11) is 0. The normalized spacial score (nSPS) is 27.2. The van der Waals surface area contributed by atoms with Crippen molar-refractivity contribution in [1.29, 1.82) is 0 Å². The van der Waals surface area contributed by atoms with Crippen LogP contribution in [0.5, 0.6) is 0 Å². The van der Waals surface area contributed by atoms with E-state index in [-0.39, 0.29) is 43.6 Å². The number of carboxylic acids is 1. The van der Waals surface area contributed by atoms with Gasteiger partial charge < -0.3 is 25.2 Å². The Labute approximate surface area is 204 Å². The van der Waals surface area contributed by atoms with Crippen LogP contribution in [0.15, 0.2) is 48.5 Å². The van der Waals surface area contributed by atoms with Crippen LogP contribution in [0, 0.1) is 11.3 Å². The summed E-state index contributed by atoms with van der Waals surface area (Å²) in [5, 5.41) is 15.3. The molecular weight excluding hydrogens is 448 g/mol. The zero-order valence-electron chi connectivity index (χ0n) is 19.7. The SMILES string of the molecule is CC1(C(=O)O)COCC1NC(=O)[C@H]1CC[C@@H](NC(=O)OCC2c3ccccc3-c3ccccc32)C1.